The van der Waals surface area contributed by atoms with Crippen LogP contribution in [-0.2, 0) is 0 Å². The average molecular weight is 214 g/mol. The van der Waals surface area contributed by atoms with Crippen molar-refractivity contribution < 1.29 is 5.11 Å². The molecule has 0 aromatic rings. The van der Waals surface area contributed by atoms with Crippen molar-refractivity contribution in [1.29, 1.82) is 0 Å². The maximum Gasteiger partial charge on any atom is 0.0584 e. The van der Waals surface area contributed by atoms with Crippen molar-refractivity contribution in [3.8, 4) is 0 Å². The zero-order valence-electron chi connectivity index (χ0n) is 10.4. The van der Waals surface area contributed by atoms with Crippen molar-refractivity contribution in [3.05, 3.63) is 0 Å². The van der Waals surface area contributed by atoms with E-state index in [4.69, 9.17) is 0 Å². The fraction of sp³-hybridized carbons (Fsp3) is 1.00. The fourth-order valence-electron chi connectivity index (χ4n) is 2.27. The number of rotatable bonds is 5. The summed E-state index contributed by atoms with van der Waals surface area (Å²) in [4.78, 5) is 2.37. The number of nitrogens with zero attached hydrogens (tertiary/aromatic N) is 1. The Morgan fingerprint density at radius 2 is 1.93 bits per heavy atom. The van der Waals surface area contributed by atoms with Crippen molar-refractivity contribution in [3.63, 3.8) is 0 Å². The van der Waals surface area contributed by atoms with Gasteiger partial charge in [0, 0.05) is 12.1 Å². The lowest BCUT2D eigenvalue weighted by atomic mass is 10.00. The van der Waals surface area contributed by atoms with E-state index in [0.717, 1.165) is 6.42 Å². The minimum Gasteiger partial charge on any atom is -0.395 e. The molecule has 1 rings (SSSR count). The van der Waals surface area contributed by atoms with Gasteiger partial charge >= 0.3 is 0 Å². The molecule has 2 N–H and O–H groups in total. The van der Waals surface area contributed by atoms with E-state index in [1.807, 2.05) is 0 Å². The largest absolute Gasteiger partial charge is 0.395 e. The van der Waals surface area contributed by atoms with Crippen LogP contribution >= 0.6 is 0 Å². The number of piperidine rings is 1. The third-order valence-electron chi connectivity index (χ3n) is 3.17. The minimum atomic E-state index is 0.268. The van der Waals surface area contributed by atoms with Crippen LogP contribution in [-0.4, -0.2) is 48.8 Å². The van der Waals surface area contributed by atoms with E-state index >= 15 is 0 Å². The third kappa shape index (κ3) is 4.96. The number of likely N-dealkylation sites (tertiary alicyclic amines) is 1. The monoisotopic (exact) mass is 214 g/mol. The summed E-state index contributed by atoms with van der Waals surface area (Å²) in [7, 11) is 2.17. The molecule has 0 bridgehead atoms. The third-order valence-corrected chi connectivity index (χ3v) is 3.17. The molecule has 0 amide bonds. The van der Waals surface area contributed by atoms with Gasteiger partial charge in [-0.25, -0.2) is 0 Å². The Kier molecular flexibility index (Phi) is 5.58. The van der Waals surface area contributed by atoms with Crippen LogP contribution in [0.3, 0.4) is 0 Å². The number of hydrogen-bond acceptors (Lipinski definition) is 3. The summed E-state index contributed by atoms with van der Waals surface area (Å²) in [5, 5.41) is 12.9. The first-order valence-electron chi connectivity index (χ1n) is 6.17. The molecule has 0 radical (unpaired) electrons. The van der Waals surface area contributed by atoms with E-state index in [1.165, 1.54) is 25.9 Å². The van der Waals surface area contributed by atoms with E-state index in [9.17, 15) is 5.11 Å². The SMILES string of the molecule is CC(C)C[C@@H](CO)NC1CCN(C)CC1. The van der Waals surface area contributed by atoms with Gasteiger partial charge in [0.05, 0.1) is 6.61 Å². The molecule has 1 fully saturated rings. The standard InChI is InChI=1S/C12H26N2O/c1-10(2)8-12(9-15)13-11-4-6-14(3)7-5-11/h10-13,15H,4-9H2,1-3H3/t12-/m0/s1. The highest BCUT2D eigenvalue weighted by Crippen LogP contribution is 2.11. The Labute approximate surface area is 93.9 Å². The summed E-state index contributed by atoms with van der Waals surface area (Å²) in [6.07, 6.45) is 3.50. The molecule has 0 saturated carbocycles. The summed E-state index contributed by atoms with van der Waals surface area (Å²) in [5.74, 6) is 0.654. The topological polar surface area (TPSA) is 35.5 Å². The Morgan fingerprint density at radius 3 is 2.40 bits per heavy atom. The van der Waals surface area contributed by atoms with E-state index in [2.05, 4.69) is 31.1 Å². The lowest BCUT2D eigenvalue weighted by Gasteiger charge is -2.32. The van der Waals surface area contributed by atoms with Gasteiger partial charge in [0.1, 0.15) is 0 Å². The van der Waals surface area contributed by atoms with E-state index < -0.39 is 0 Å². The Hall–Kier alpha value is -0.120. The average Bonchev–Trinajstić information content (AvgIpc) is 2.19. The first-order valence-corrected chi connectivity index (χ1v) is 6.17. The predicted octanol–water partition coefficient (Wildman–Crippen LogP) is 1.08. The van der Waals surface area contributed by atoms with Crippen LogP contribution in [0.1, 0.15) is 33.1 Å². The molecule has 0 unspecified atom stereocenters. The zero-order chi connectivity index (χ0) is 11.3. The molecule has 0 aromatic heterocycles. The van der Waals surface area contributed by atoms with Gasteiger partial charge in [-0.3, -0.25) is 0 Å². The fourth-order valence-corrected chi connectivity index (χ4v) is 2.27. The normalized spacial score (nSPS) is 22.2. The van der Waals surface area contributed by atoms with Gasteiger partial charge in [-0.05, 0) is 45.3 Å². The van der Waals surface area contributed by atoms with Crippen molar-refractivity contribution in [2.24, 2.45) is 5.92 Å². The second-order valence-electron chi connectivity index (χ2n) is 5.25. The minimum absolute atomic E-state index is 0.268. The maximum absolute atomic E-state index is 9.28. The Morgan fingerprint density at radius 1 is 1.33 bits per heavy atom. The maximum atomic E-state index is 9.28. The molecule has 3 nitrogen and oxygen atoms in total. The molecule has 1 heterocycles. The number of hydrogen-bond donors (Lipinski definition) is 2. The van der Waals surface area contributed by atoms with Crippen LogP contribution < -0.4 is 5.32 Å². The molecule has 1 aliphatic rings. The second kappa shape index (κ2) is 6.46. The van der Waals surface area contributed by atoms with Crippen LogP contribution in [0.2, 0.25) is 0 Å². The highest BCUT2D eigenvalue weighted by atomic mass is 16.3. The molecule has 1 atom stereocenters. The van der Waals surface area contributed by atoms with Crippen molar-refractivity contribution in [1.82, 2.24) is 10.2 Å². The molecular formula is C12H26N2O. The molecule has 1 aliphatic heterocycles. The van der Waals surface area contributed by atoms with Gasteiger partial charge < -0.3 is 15.3 Å². The van der Waals surface area contributed by atoms with Crippen LogP contribution in [0.25, 0.3) is 0 Å². The Bertz CT molecular complexity index is 165. The van der Waals surface area contributed by atoms with E-state index in [0.29, 0.717) is 18.0 Å². The summed E-state index contributed by atoms with van der Waals surface area (Å²) < 4.78 is 0. The van der Waals surface area contributed by atoms with Crippen molar-refractivity contribution in [2.45, 2.75) is 45.2 Å². The van der Waals surface area contributed by atoms with Gasteiger partial charge in [-0.15, -0.1) is 0 Å². The molecule has 0 aromatic carbocycles. The predicted molar refractivity (Wildman–Crippen MR) is 64.0 cm³/mol. The van der Waals surface area contributed by atoms with Gasteiger partial charge in [-0.1, -0.05) is 13.8 Å². The quantitative estimate of drug-likeness (QED) is 0.719. The van der Waals surface area contributed by atoms with Crippen LogP contribution in [0.4, 0.5) is 0 Å². The molecule has 0 aliphatic carbocycles. The second-order valence-corrected chi connectivity index (χ2v) is 5.25. The molecule has 15 heavy (non-hydrogen) atoms. The highest BCUT2D eigenvalue weighted by Gasteiger charge is 2.19. The molecule has 0 spiro atoms. The van der Waals surface area contributed by atoms with E-state index in [-0.39, 0.29) is 6.61 Å². The van der Waals surface area contributed by atoms with Crippen LogP contribution in [0.5, 0.6) is 0 Å². The molecule has 1 saturated heterocycles. The lowest BCUT2D eigenvalue weighted by molar-refractivity contribution is 0.178. The summed E-state index contributed by atoms with van der Waals surface area (Å²) in [6.45, 7) is 7.04. The number of aliphatic hydroxyl groups excluding tert-OH is 1. The number of aliphatic hydroxyl groups is 1. The molecular weight excluding hydrogens is 188 g/mol. The van der Waals surface area contributed by atoms with Gasteiger partial charge in [0.25, 0.3) is 0 Å². The summed E-state index contributed by atoms with van der Waals surface area (Å²) in [5.41, 5.74) is 0. The summed E-state index contributed by atoms with van der Waals surface area (Å²) in [6, 6.07) is 0.899. The first kappa shape index (κ1) is 12.9. The molecule has 3 heteroatoms. The smallest absolute Gasteiger partial charge is 0.0584 e. The van der Waals surface area contributed by atoms with Crippen LogP contribution in [0, 0.1) is 5.92 Å². The lowest BCUT2D eigenvalue weighted by Crippen LogP contribution is -2.46. The van der Waals surface area contributed by atoms with Crippen LogP contribution in [0.15, 0.2) is 0 Å². The van der Waals surface area contributed by atoms with Gasteiger partial charge in [0.15, 0.2) is 0 Å². The zero-order valence-corrected chi connectivity index (χ0v) is 10.4. The Balaban J connectivity index is 2.25. The van der Waals surface area contributed by atoms with Gasteiger partial charge in [0.2, 0.25) is 0 Å². The van der Waals surface area contributed by atoms with Crippen molar-refractivity contribution in [2.75, 3.05) is 26.7 Å². The van der Waals surface area contributed by atoms with Gasteiger partial charge in [-0.2, -0.15) is 0 Å². The first-order chi connectivity index (χ1) is 7.11. The van der Waals surface area contributed by atoms with Crippen molar-refractivity contribution >= 4 is 0 Å². The highest BCUT2D eigenvalue weighted by molar-refractivity contribution is 4.79. The van der Waals surface area contributed by atoms with E-state index in [1.54, 1.807) is 0 Å². The number of nitrogens with one attached hydrogen (secondary N) is 1. The molecule has 90 valence electrons. The summed E-state index contributed by atoms with van der Waals surface area (Å²) >= 11 is 0.